The Labute approximate surface area is 108 Å². The van der Waals surface area contributed by atoms with E-state index < -0.39 is 0 Å². The predicted molar refractivity (Wildman–Crippen MR) is 69.2 cm³/mol. The number of carbonyl (C=O) groups is 1. The Hall–Kier alpha value is -2.63. The Balaban J connectivity index is 1.98. The van der Waals surface area contributed by atoms with Gasteiger partial charge in [0, 0.05) is 25.6 Å². The highest BCUT2D eigenvalue weighted by molar-refractivity contribution is 5.94. The molecule has 0 bridgehead atoms. The molecule has 0 N–H and O–H groups in total. The molecule has 3 rings (SSSR count). The van der Waals surface area contributed by atoms with Crippen LogP contribution in [0.15, 0.2) is 47.8 Å². The topological polar surface area (TPSA) is 61.3 Å². The van der Waals surface area contributed by atoms with Crippen LogP contribution in [0, 0.1) is 0 Å². The summed E-state index contributed by atoms with van der Waals surface area (Å²) < 4.78 is 4.63. The lowest BCUT2D eigenvalue weighted by Crippen LogP contribution is -2.25. The molecule has 0 saturated heterocycles. The highest BCUT2D eigenvalue weighted by Crippen LogP contribution is 2.03. The Bertz CT molecular complexity index is 809. The summed E-state index contributed by atoms with van der Waals surface area (Å²) in [6, 6.07) is 5.17. The first-order valence-electron chi connectivity index (χ1n) is 5.84. The van der Waals surface area contributed by atoms with Crippen LogP contribution in [0.25, 0.3) is 5.52 Å². The van der Waals surface area contributed by atoms with Gasteiger partial charge in [0.1, 0.15) is 5.52 Å². The molecule has 0 radical (unpaired) electrons. The van der Waals surface area contributed by atoms with Crippen LogP contribution in [-0.2, 0) is 13.6 Å². The van der Waals surface area contributed by atoms with Crippen LogP contribution in [-0.4, -0.2) is 24.5 Å². The minimum atomic E-state index is -0.220. The van der Waals surface area contributed by atoms with Crippen molar-refractivity contribution in [1.82, 2.24) is 18.7 Å². The van der Waals surface area contributed by atoms with Crippen LogP contribution in [0.5, 0.6) is 0 Å². The number of aromatic nitrogens is 4. The Morgan fingerprint density at radius 3 is 2.84 bits per heavy atom. The first-order valence-corrected chi connectivity index (χ1v) is 5.84. The second kappa shape index (κ2) is 4.24. The molecule has 6 heteroatoms. The molecular formula is C13H12N4O2. The fourth-order valence-electron chi connectivity index (χ4n) is 2.07. The van der Waals surface area contributed by atoms with E-state index in [1.54, 1.807) is 54.6 Å². The average Bonchev–Trinajstić information content (AvgIpc) is 3.01. The van der Waals surface area contributed by atoms with Crippen LogP contribution < -0.4 is 5.56 Å². The lowest BCUT2D eigenvalue weighted by molar-refractivity contribution is 0.0963. The maximum absolute atomic E-state index is 12.1. The van der Waals surface area contributed by atoms with Gasteiger partial charge in [-0.15, -0.1) is 0 Å². The van der Waals surface area contributed by atoms with Gasteiger partial charge in [0.15, 0.2) is 5.78 Å². The van der Waals surface area contributed by atoms with E-state index in [0.717, 1.165) is 0 Å². The highest BCUT2D eigenvalue weighted by Gasteiger charge is 2.11. The molecule has 0 spiro atoms. The molecule has 0 fully saturated rings. The molecule has 0 aliphatic heterocycles. The van der Waals surface area contributed by atoms with Gasteiger partial charge in [-0.2, -0.15) is 5.10 Å². The van der Waals surface area contributed by atoms with Crippen molar-refractivity contribution in [2.75, 3.05) is 0 Å². The molecule has 3 aromatic rings. The fraction of sp³-hybridized carbons (Fsp3) is 0.154. The van der Waals surface area contributed by atoms with E-state index in [2.05, 4.69) is 5.10 Å². The zero-order valence-corrected chi connectivity index (χ0v) is 10.4. The summed E-state index contributed by atoms with van der Waals surface area (Å²) in [5.41, 5.74) is 0.824. The van der Waals surface area contributed by atoms with Gasteiger partial charge < -0.3 is 9.13 Å². The van der Waals surface area contributed by atoms with E-state index in [4.69, 9.17) is 0 Å². The number of hydrogen-bond donors (Lipinski definition) is 0. The summed E-state index contributed by atoms with van der Waals surface area (Å²) in [4.78, 5) is 24.2. The summed E-state index contributed by atoms with van der Waals surface area (Å²) in [5, 5.41) is 3.98. The van der Waals surface area contributed by atoms with Crippen LogP contribution in [0.1, 0.15) is 10.5 Å². The first-order chi connectivity index (χ1) is 9.16. The van der Waals surface area contributed by atoms with Gasteiger partial charge in [-0.1, -0.05) is 0 Å². The van der Waals surface area contributed by atoms with E-state index >= 15 is 0 Å². The van der Waals surface area contributed by atoms with Crippen molar-refractivity contribution in [3.8, 4) is 0 Å². The number of hydrogen-bond acceptors (Lipinski definition) is 3. The maximum atomic E-state index is 12.1. The van der Waals surface area contributed by atoms with Crippen molar-refractivity contribution in [2.45, 2.75) is 6.54 Å². The summed E-state index contributed by atoms with van der Waals surface area (Å²) in [6.07, 6.45) is 6.59. The van der Waals surface area contributed by atoms with Crippen LogP contribution in [0.4, 0.5) is 0 Å². The van der Waals surface area contributed by atoms with E-state index in [1.165, 1.54) is 9.08 Å². The minimum absolute atomic E-state index is 0.0262. The van der Waals surface area contributed by atoms with Gasteiger partial charge in [0.25, 0.3) is 5.56 Å². The second-order valence-corrected chi connectivity index (χ2v) is 4.32. The van der Waals surface area contributed by atoms with Gasteiger partial charge in [-0.25, -0.2) is 4.52 Å². The largest absolute Gasteiger partial charge is 0.348 e. The molecule has 19 heavy (non-hydrogen) atoms. The van der Waals surface area contributed by atoms with Gasteiger partial charge in [0.2, 0.25) is 0 Å². The number of nitrogens with zero attached hydrogens (tertiary/aromatic N) is 4. The Morgan fingerprint density at radius 1 is 1.26 bits per heavy atom. The van der Waals surface area contributed by atoms with Crippen molar-refractivity contribution < 1.29 is 4.79 Å². The Kier molecular flexibility index (Phi) is 2.56. The molecule has 0 saturated carbocycles. The highest BCUT2D eigenvalue weighted by atomic mass is 16.1. The number of fused-ring (bicyclic) bond motifs is 1. The van der Waals surface area contributed by atoms with Crippen molar-refractivity contribution >= 4 is 11.3 Å². The number of carbonyl (C=O) groups excluding carboxylic acids is 1. The molecule has 0 aliphatic rings. The summed E-state index contributed by atoms with van der Waals surface area (Å²) in [7, 11) is 1.80. The smallest absolute Gasteiger partial charge is 0.276 e. The van der Waals surface area contributed by atoms with E-state index in [9.17, 15) is 9.59 Å². The molecule has 0 aromatic carbocycles. The van der Waals surface area contributed by atoms with Crippen LogP contribution in [0.3, 0.4) is 0 Å². The predicted octanol–water partition coefficient (Wildman–Crippen LogP) is 0.717. The Morgan fingerprint density at radius 2 is 2.11 bits per heavy atom. The van der Waals surface area contributed by atoms with Gasteiger partial charge in [-0.3, -0.25) is 9.59 Å². The van der Waals surface area contributed by atoms with Crippen LogP contribution >= 0.6 is 0 Å². The third-order valence-corrected chi connectivity index (χ3v) is 3.08. The molecule has 3 heterocycles. The zero-order valence-electron chi connectivity index (χ0n) is 10.4. The zero-order chi connectivity index (χ0) is 13.4. The van der Waals surface area contributed by atoms with Gasteiger partial charge in [0.05, 0.1) is 18.4 Å². The van der Waals surface area contributed by atoms with Crippen molar-refractivity contribution in [3.05, 3.63) is 59.0 Å². The quantitative estimate of drug-likeness (QED) is 0.649. The number of Topliss-reactive ketones (excluding diaryl/α,β-unsaturated/α-hetero) is 1. The third kappa shape index (κ3) is 1.87. The summed E-state index contributed by atoms with van der Waals surface area (Å²) in [5.74, 6) is -0.0986. The molecule has 0 atom stereocenters. The maximum Gasteiger partial charge on any atom is 0.276 e. The fourth-order valence-corrected chi connectivity index (χ4v) is 2.07. The number of rotatable bonds is 3. The van der Waals surface area contributed by atoms with E-state index in [0.29, 0.717) is 11.2 Å². The van der Waals surface area contributed by atoms with Crippen molar-refractivity contribution in [2.24, 2.45) is 7.05 Å². The molecule has 96 valence electrons. The lowest BCUT2D eigenvalue weighted by atomic mass is 10.3. The average molecular weight is 256 g/mol. The van der Waals surface area contributed by atoms with Crippen molar-refractivity contribution in [3.63, 3.8) is 0 Å². The van der Waals surface area contributed by atoms with Gasteiger partial charge in [-0.05, 0) is 18.2 Å². The molecule has 3 aromatic heterocycles. The van der Waals surface area contributed by atoms with E-state index in [-0.39, 0.29) is 17.9 Å². The molecule has 0 amide bonds. The molecule has 0 unspecified atom stereocenters. The molecule has 0 aliphatic carbocycles. The van der Waals surface area contributed by atoms with Crippen molar-refractivity contribution in [1.29, 1.82) is 0 Å². The lowest BCUT2D eigenvalue weighted by Gasteiger charge is -2.06. The standard InChI is InChI=1S/C13H12N4O2/c1-15-6-2-3-10(15)12(18)9-16-7-8-17-11(13(16)19)4-5-14-17/h2-8H,9H2,1H3. The SMILES string of the molecule is Cn1cccc1C(=O)Cn1ccn2nccc2c1=O. The molecular weight excluding hydrogens is 244 g/mol. The summed E-state index contributed by atoms with van der Waals surface area (Å²) in [6.45, 7) is 0.0262. The van der Waals surface area contributed by atoms with Crippen LogP contribution in [0.2, 0.25) is 0 Å². The third-order valence-electron chi connectivity index (χ3n) is 3.08. The summed E-state index contributed by atoms with van der Waals surface area (Å²) >= 11 is 0. The first kappa shape index (κ1) is 11.5. The normalized spacial score (nSPS) is 11.0. The second-order valence-electron chi connectivity index (χ2n) is 4.32. The van der Waals surface area contributed by atoms with E-state index in [1.807, 2.05) is 0 Å². The number of aryl methyl sites for hydroxylation is 1. The molecule has 6 nitrogen and oxygen atoms in total. The van der Waals surface area contributed by atoms with Gasteiger partial charge >= 0.3 is 0 Å². The number of ketones is 1. The monoisotopic (exact) mass is 256 g/mol. The minimum Gasteiger partial charge on any atom is -0.348 e.